The summed E-state index contributed by atoms with van der Waals surface area (Å²) in [6.07, 6.45) is 0. The van der Waals surface area contributed by atoms with Crippen molar-refractivity contribution < 1.29 is 9.53 Å². The molecule has 1 heterocycles. The second-order valence-corrected chi connectivity index (χ2v) is 5.43. The van der Waals surface area contributed by atoms with Gasteiger partial charge in [-0.2, -0.15) is 5.26 Å². The van der Waals surface area contributed by atoms with E-state index >= 15 is 0 Å². The first-order chi connectivity index (χ1) is 9.65. The number of benzene rings is 1. The van der Waals surface area contributed by atoms with Gasteiger partial charge in [-0.25, -0.2) is 0 Å². The van der Waals surface area contributed by atoms with E-state index < -0.39 is 0 Å². The fourth-order valence-electron chi connectivity index (χ4n) is 2.17. The molecule has 6 heteroatoms. The average molecular weight is 338 g/mol. The summed E-state index contributed by atoms with van der Waals surface area (Å²) in [7, 11) is 1.58. The minimum absolute atomic E-state index is 0.00705. The molecule has 0 atom stereocenters. The lowest BCUT2D eigenvalue weighted by molar-refractivity contribution is 0.0650. The van der Waals surface area contributed by atoms with Crippen LogP contribution in [0.4, 0.5) is 0 Å². The number of halogens is 1. The van der Waals surface area contributed by atoms with Gasteiger partial charge in [-0.3, -0.25) is 9.69 Å². The van der Waals surface area contributed by atoms with Gasteiger partial charge in [-0.05, 0) is 34.1 Å². The monoisotopic (exact) mass is 337 g/mol. The van der Waals surface area contributed by atoms with Gasteiger partial charge in [0.1, 0.15) is 5.75 Å². The van der Waals surface area contributed by atoms with Gasteiger partial charge in [-0.15, -0.1) is 0 Å². The zero-order chi connectivity index (χ0) is 14.5. The molecule has 0 radical (unpaired) electrons. The van der Waals surface area contributed by atoms with Gasteiger partial charge in [0.15, 0.2) is 0 Å². The van der Waals surface area contributed by atoms with Crippen molar-refractivity contribution in [2.75, 3.05) is 39.8 Å². The van der Waals surface area contributed by atoms with Crippen LogP contribution in [-0.2, 0) is 0 Å². The van der Waals surface area contributed by atoms with E-state index in [0.717, 1.165) is 17.6 Å². The Morgan fingerprint density at radius 3 is 2.70 bits per heavy atom. The number of carbonyl (C=O) groups is 1. The van der Waals surface area contributed by atoms with Gasteiger partial charge in [0.25, 0.3) is 5.91 Å². The smallest absolute Gasteiger partial charge is 0.255 e. The maximum absolute atomic E-state index is 12.5. The summed E-state index contributed by atoms with van der Waals surface area (Å²) in [4.78, 5) is 16.4. The minimum Gasteiger partial charge on any atom is -0.497 e. The van der Waals surface area contributed by atoms with Gasteiger partial charge in [-0.1, -0.05) is 0 Å². The molecule has 20 heavy (non-hydrogen) atoms. The first kappa shape index (κ1) is 14.8. The highest BCUT2D eigenvalue weighted by molar-refractivity contribution is 9.10. The van der Waals surface area contributed by atoms with Gasteiger partial charge in [0, 0.05) is 30.7 Å². The lowest BCUT2D eigenvalue weighted by Gasteiger charge is -2.33. The third-order valence-electron chi connectivity index (χ3n) is 3.36. The summed E-state index contributed by atoms with van der Waals surface area (Å²) < 4.78 is 5.93. The van der Waals surface area contributed by atoms with E-state index in [9.17, 15) is 4.79 Å². The van der Waals surface area contributed by atoms with Crippen LogP contribution in [0.3, 0.4) is 0 Å². The molecule has 5 nitrogen and oxygen atoms in total. The Kier molecular flexibility index (Phi) is 4.99. The molecule has 0 bridgehead atoms. The molecule has 0 saturated carbocycles. The number of methoxy groups -OCH3 is 1. The average Bonchev–Trinajstić information content (AvgIpc) is 2.48. The van der Waals surface area contributed by atoms with Crippen molar-refractivity contribution in [3.05, 3.63) is 28.2 Å². The highest BCUT2D eigenvalue weighted by atomic mass is 79.9. The Morgan fingerprint density at radius 1 is 1.40 bits per heavy atom. The number of hydrogen-bond acceptors (Lipinski definition) is 4. The van der Waals surface area contributed by atoms with Gasteiger partial charge >= 0.3 is 0 Å². The fraction of sp³-hybridized carbons (Fsp3) is 0.429. The van der Waals surface area contributed by atoms with Gasteiger partial charge in [0.2, 0.25) is 0 Å². The Bertz CT molecular complexity index is 534. The van der Waals surface area contributed by atoms with Crippen LogP contribution < -0.4 is 4.74 Å². The molecule has 1 aromatic carbocycles. The number of rotatable bonds is 3. The molecule has 0 N–H and O–H groups in total. The first-order valence-electron chi connectivity index (χ1n) is 6.38. The molecule has 1 aromatic rings. The third kappa shape index (κ3) is 3.30. The summed E-state index contributed by atoms with van der Waals surface area (Å²) in [5.74, 6) is 0.659. The molecule has 2 rings (SSSR count). The summed E-state index contributed by atoms with van der Waals surface area (Å²) in [5.41, 5.74) is 0.609. The van der Waals surface area contributed by atoms with E-state index in [4.69, 9.17) is 10.00 Å². The maximum Gasteiger partial charge on any atom is 0.255 e. The Hall–Kier alpha value is -1.58. The van der Waals surface area contributed by atoms with Gasteiger partial charge in [0.05, 0.1) is 25.3 Å². The standard InChI is InChI=1S/C14H16BrN3O2/c1-20-11-2-3-13(15)12(10-11)14(19)18-8-6-17(5-4-16)7-9-18/h2-3,10H,5-9H2,1H3. The van der Waals surface area contributed by atoms with E-state index in [1.807, 2.05) is 21.9 Å². The summed E-state index contributed by atoms with van der Waals surface area (Å²) >= 11 is 3.41. The molecule has 1 amide bonds. The number of ether oxygens (including phenoxy) is 1. The molecular weight excluding hydrogens is 322 g/mol. The second-order valence-electron chi connectivity index (χ2n) is 4.57. The zero-order valence-electron chi connectivity index (χ0n) is 11.3. The highest BCUT2D eigenvalue weighted by Gasteiger charge is 2.23. The van der Waals surface area contributed by atoms with Crippen molar-refractivity contribution in [2.45, 2.75) is 0 Å². The summed E-state index contributed by atoms with van der Waals surface area (Å²) in [6, 6.07) is 7.51. The fourth-order valence-corrected chi connectivity index (χ4v) is 2.59. The molecule has 106 valence electrons. The van der Waals surface area contributed by atoms with Crippen LogP contribution in [-0.4, -0.2) is 55.5 Å². The predicted molar refractivity (Wildman–Crippen MR) is 78.7 cm³/mol. The van der Waals surface area contributed by atoms with Crippen molar-refractivity contribution in [1.29, 1.82) is 5.26 Å². The van der Waals surface area contributed by atoms with E-state index in [1.165, 1.54) is 0 Å². The van der Waals surface area contributed by atoms with E-state index in [1.54, 1.807) is 13.2 Å². The van der Waals surface area contributed by atoms with Crippen molar-refractivity contribution in [3.8, 4) is 11.8 Å². The predicted octanol–water partition coefficient (Wildman–Crippen LogP) is 1.74. The Balaban J connectivity index is 2.07. The molecule has 1 fully saturated rings. The van der Waals surface area contributed by atoms with Gasteiger partial charge < -0.3 is 9.64 Å². The van der Waals surface area contributed by atoms with Crippen LogP contribution in [0.1, 0.15) is 10.4 Å². The number of amides is 1. The molecule has 0 aromatic heterocycles. The topological polar surface area (TPSA) is 56.6 Å². The SMILES string of the molecule is COc1ccc(Br)c(C(=O)N2CCN(CC#N)CC2)c1. The lowest BCUT2D eigenvalue weighted by atomic mass is 10.1. The molecule has 0 unspecified atom stereocenters. The molecular formula is C14H16BrN3O2. The van der Waals surface area contributed by atoms with Crippen LogP contribution in [0.5, 0.6) is 5.75 Å². The number of carbonyl (C=O) groups excluding carboxylic acids is 1. The second kappa shape index (κ2) is 6.73. The van der Waals surface area contributed by atoms with Crippen molar-refractivity contribution in [1.82, 2.24) is 9.80 Å². The number of nitriles is 1. The lowest BCUT2D eigenvalue weighted by Crippen LogP contribution is -2.48. The number of piperazine rings is 1. The van der Waals surface area contributed by atoms with Crippen molar-refractivity contribution in [3.63, 3.8) is 0 Å². The minimum atomic E-state index is -0.00705. The van der Waals surface area contributed by atoms with E-state index in [2.05, 4.69) is 22.0 Å². The molecule has 1 aliphatic heterocycles. The van der Waals surface area contributed by atoms with Crippen LogP contribution >= 0.6 is 15.9 Å². The van der Waals surface area contributed by atoms with Crippen LogP contribution in [0, 0.1) is 11.3 Å². The largest absolute Gasteiger partial charge is 0.497 e. The number of nitrogens with zero attached hydrogens (tertiary/aromatic N) is 3. The first-order valence-corrected chi connectivity index (χ1v) is 7.17. The molecule has 0 aliphatic carbocycles. The van der Waals surface area contributed by atoms with E-state index in [0.29, 0.717) is 30.9 Å². The van der Waals surface area contributed by atoms with Crippen molar-refractivity contribution >= 4 is 21.8 Å². The molecule has 1 saturated heterocycles. The highest BCUT2D eigenvalue weighted by Crippen LogP contribution is 2.24. The van der Waals surface area contributed by atoms with Crippen LogP contribution in [0.25, 0.3) is 0 Å². The number of hydrogen-bond donors (Lipinski definition) is 0. The zero-order valence-corrected chi connectivity index (χ0v) is 12.9. The third-order valence-corrected chi connectivity index (χ3v) is 4.05. The normalized spacial score (nSPS) is 15.8. The van der Waals surface area contributed by atoms with Crippen LogP contribution in [0.15, 0.2) is 22.7 Å². The summed E-state index contributed by atoms with van der Waals surface area (Å²) in [6.45, 7) is 3.18. The van der Waals surface area contributed by atoms with Crippen LogP contribution in [0.2, 0.25) is 0 Å². The quantitative estimate of drug-likeness (QED) is 0.788. The molecule has 1 aliphatic rings. The Morgan fingerprint density at radius 2 is 2.10 bits per heavy atom. The maximum atomic E-state index is 12.5. The van der Waals surface area contributed by atoms with E-state index in [-0.39, 0.29) is 5.91 Å². The summed E-state index contributed by atoms with van der Waals surface area (Å²) in [5, 5.41) is 8.67. The Labute approximate surface area is 126 Å². The molecule has 0 spiro atoms. The van der Waals surface area contributed by atoms with Crippen molar-refractivity contribution in [2.24, 2.45) is 0 Å².